The summed E-state index contributed by atoms with van der Waals surface area (Å²) in [5.41, 5.74) is 5.60. The third-order valence-electron chi connectivity index (χ3n) is 5.28. The Bertz CT molecular complexity index is 585. The van der Waals surface area contributed by atoms with Gasteiger partial charge in [-0.05, 0) is 53.4 Å². The van der Waals surface area contributed by atoms with Crippen LogP contribution < -0.4 is 0 Å². The Labute approximate surface area is 113 Å². The number of benzene rings is 1. The van der Waals surface area contributed by atoms with Gasteiger partial charge in [0.05, 0.1) is 0 Å². The van der Waals surface area contributed by atoms with Gasteiger partial charge in [0.1, 0.15) is 11.6 Å². The molecule has 4 rings (SSSR count). The molecular formula is C17H18O2. The normalized spacial score (nSPS) is 28.8. The highest BCUT2D eigenvalue weighted by molar-refractivity contribution is 5.84. The lowest BCUT2D eigenvalue weighted by Gasteiger charge is -2.31. The van der Waals surface area contributed by atoms with Crippen molar-refractivity contribution in [3.63, 3.8) is 0 Å². The molecule has 3 aliphatic rings. The lowest BCUT2D eigenvalue weighted by molar-refractivity contribution is -0.119. The van der Waals surface area contributed by atoms with Gasteiger partial charge in [-0.1, -0.05) is 12.1 Å². The Balaban J connectivity index is 1.81. The molecular weight excluding hydrogens is 236 g/mol. The molecule has 1 aromatic carbocycles. The monoisotopic (exact) mass is 254 g/mol. The van der Waals surface area contributed by atoms with Crippen molar-refractivity contribution in [3.8, 4) is 0 Å². The largest absolute Gasteiger partial charge is 0.300 e. The smallest absolute Gasteiger partial charge is 0.137 e. The molecule has 0 amide bonds. The Morgan fingerprint density at radius 2 is 1.79 bits per heavy atom. The van der Waals surface area contributed by atoms with E-state index in [1.165, 1.54) is 22.3 Å². The van der Waals surface area contributed by atoms with Crippen LogP contribution in [0.15, 0.2) is 12.1 Å². The summed E-state index contributed by atoms with van der Waals surface area (Å²) >= 11 is 0. The number of carbonyl (C=O) groups is 2. The topological polar surface area (TPSA) is 34.1 Å². The van der Waals surface area contributed by atoms with Gasteiger partial charge in [-0.3, -0.25) is 9.59 Å². The van der Waals surface area contributed by atoms with Gasteiger partial charge >= 0.3 is 0 Å². The number of Topliss-reactive ketones (excluding diaryl/α,β-unsaturated/α-hetero) is 2. The van der Waals surface area contributed by atoms with Crippen molar-refractivity contribution in [1.82, 2.24) is 0 Å². The molecule has 0 unspecified atom stereocenters. The highest BCUT2D eigenvalue weighted by Crippen LogP contribution is 2.47. The maximum absolute atomic E-state index is 11.7. The van der Waals surface area contributed by atoms with Crippen LogP contribution in [-0.2, 0) is 28.9 Å². The highest BCUT2D eigenvalue weighted by Gasteiger charge is 2.38. The van der Waals surface area contributed by atoms with Crippen molar-refractivity contribution in [2.45, 2.75) is 50.9 Å². The molecule has 2 heteroatoms. The lowest BCUT2D eigenvalue weighted by Crippen LogP contribution is -2.22. The first-order valence-corrected chi connectivity index (χ1v) is 7.39. The standard InChI is InChI=1S/C17H18O2/c18-12-3-6-14-10(7-12)1-5-16-15(14)4-2-11-8-13(19)9-17(11)16/h1,5,11,17H,2-4,6-9H2/t11-,17-/m1/s1. The molecule has 0 bridgehead atoms. The summed E-state index contributed by atoms with van der Waals surface area (Å²) < 4.78 is 0. The predicted octanol–water partition coefficient (Wildman–Crippen LogP) is 2.75. The van der Waals surface area contributed by atoms with Gasteiger partial charge in [0.2, 0.25) is 0 Å². The van der Waals surface area contributed by atoms with E-state index in [1.54, 1.807) is 0 Å². The maximum Gasteiger partial charge on any atom is 0.137 e. The fourth-order valence-corrected chi connectivity index (χ4v) is 4.37. The average molecular weight is 254 g/mol. The first-order chi connectivity index (χ1) is 9.22. The summed E-state index contributed by atoms with van der Waals surface area (Å²) in [5.74, 6) is 1.87. The summed E-state index contributed by atoms with van der Waals surface area (Å²) in [6, 6.07) is 4.36. The van der Waals surface area contributed by atoms with Crippen LogP contribution >= 0.6 is 0 Å². The van der Waals surface area contributed by atoms with Crippen molar-refractivity contribution < 1.29 is 9.59 Å². The van der Waals surface area contributed by atoms with Gasteiger partial charge in [-0.15, -0.1) is 0 Å². The molecule has 0 N–H and O–H groups in total. The zero-order valence-electron chi connectivity index (χ0n) is 11.1. The van der Waals surface area contributed by atoms with E-state index in [-0.39, 0.29) is 0 Å². The summed E-state index contributed by atoms with van der Waals surface area (Å²) in [5, 5.41) is 0. The first kappa shape index (κ1) is 11.4. The molecule has 0 radical (unpaired) electrons. The quantitative estimate of drug-likeness (QED) is 0.713. The zero-order chi connectivity index (χ0) is 13.0. The van der Waals surface area contributed by atoms with E-state index >= 15 is 0 Å². The molecule has 2 atom stereocenters. The molecule has 2 nitrogen and oxygen atoms in total. The number of fused-ring (bicyclic) bond motifs is 5. The van der Waals surface area contributed by atoms with E-state index in [0.29, 0.717) is 36.2 Å². The summed E-state index contributed by atoms with van der Waals surface area (Å²) in [4.78, 5) is 23.3. The van der Waals surface area contributed by atoms with E-state index in [4.69, 9.17) is 0 Å². The molecule has 0 heterocycles. The molecule has 0 aliphatic heterocycles. The van der Waals surface area contributed by atoms with Crippen molar-refractivity contribution in [1.29, 1.82) is 0 Å². The predicted molar refractivity (Wildman–Crippen MR) is 72.3 cm³/mol. The molecule has 98 valence electrons. The second kappa shape index (κ2) is 4.03. The Kier molecular flexibility index (Phi) is 2.41. The number of carbonyl (C=O) groups excluding carboxylic acids is 2. The first-order valence-electron chi connectivity index (χ1n) is 7.39. The third kappa shape index (κ3) is 1.69. The molecule has 0 aromatic heterocycles. The average Bonchev–Trinajstić information content (AvgIpc) is 2.78. The van der Waals surface area contributed by atoms with Gasteiger partial charge in [-0.2, -0.15) is 0 Å². The van der Waals surface area contributed by atoms with Crippen LogP contribution in [-0.4, -0.2) is 11.6 Å². The van der Waals surface area contributed by atoms with Gasteiger partial charge in [-0.25, -0.2) is 0 Å². The van der Waals surface area contributed by atoms with Gasteiger partial charge in [0, 0.05) is 25.7 Å². The van der Waals surface area contributed by atoms with Gasteiger partial charge in [0.15, 0.2) is 0 Å². The Morgan fingerprint density at radius 3 is 2.68 bits per heavy atom. The van der Waals surface area contributed by atoms with Gasteiger partial charge < -0.3 is 0 Å². The molecule has 19 heavy (non-hydrogen) atoms. The molecule has 1 saturated carbocycles. The van der Waals surface area contributed by atoms with Crippen LogP contribution in [0.5, 0.6) is 0 Å². The number of rotatable bonds is 0. The van der Waals surface area contributed by atoms with Crippen LogP contribution in [0.25, 0.3) is 0 Å². The highest BCUT2D eigenvalue weighted by atomic mass is 16.1. The summed E-state index contributed by atoms with van der Waals surface area (Å²) in [6.45, 7) is 0. The van der Waals surface area contributed by atoms with Crippen molar-refractivity contribution >= 4 is 11.6 Å². The molecule has 3 aliphatic carbocycles. The van der Waals surface area contributed by atoms with Gasteiger partial charge in [0.25, 0.3) is 0 Å². The SMILES string of the molecule is O=C1CCc2c(ccc3c2CC[C@@H]2CC(=O)C[C@@H]32)C1. The Morgan fingerprint density at radius 1 is 0.895 bits per heavy atom. The lowest BCUT2D eigenvalue weighted by atomic mass is 9.73. The van der Waals surface area contributed by atoms with E-state index < -0.39 is 0 Å². The fourth-order valence-electron chi connectivity index (χ4n) is 4.37. The van der Waals surface area contributed by atoms with Crippen molar-refractivity contribution in [3.05, 3.63) is 34.4 Å². The van der Waals surface area contributed by atoms with E-state index in [0.717, 1.165) is 32.1 Å². The summed E-state index contributed by atoms with van der Waals surface area (Å²) in [6.07, 6.45) is 6.05. The summed E-state index contributed by atoms with van der Waals surface area (Å²) in [7, 11) is 0. The minimum atomic E-state index is 0.372. The molecule has 0 spiro atoms. The fraction of sp³-hybridized carbons (Fsp3) is 0.529. The second-order valence-corrected chi connectivity index (χ2v) is 6.34. The zero-order valence-corrected chi connectivity index (χ0v) is 11.1. The maximum atomic E-state index is 11.7. The number of hydrogen-bond donors (Lipinski definition) is 0. The van der Waals surface area contributed by atoms with E-state index in [2.05, 4.69) is 12.1 Å². The van der Waals surface area contributed by atoms with Crippen molar-refractivity contribution in [2.75, 3.05) is 0 Å². The van der Waals surface area contributed by atoms with Crippen molar-refractivity contribution in [2.24, 2.45) is 5.92 Å². The molecule has 1 fully saturated rings. The molecule has 0 saturated heterocycles. The third-order valence-corrected chi connectivity index (χ3v) is 5.28. The van der Waals surface area contributed by atoms with Crippen LogP contribution in [0.3, 0.4) is 0 Å². The van der Waals surface area contributed by atoms with Crippen LogP contribution in [0.4, 0.5) is 0 Å². The van der Waals surface area contributed by atoms with E-state index in [1.807, 2.05) is 0 Å². The van der Waals surface area contributed by atoms with Crippen LogP contribution in [0.1, 0.15) is 53.9 Å². The number of ketones is 2. The minimum Gasteiger partial charge on any atom is -0.300 e. The minimum absolute atomic E-state index is 0.372. The Hall–Kier alpha value is -1.44. The van der Waals surface area contributed by atoms with Crippen LogP contribution in [0, 0.1) is 5.92 Å². The van der Waals surface area contributed by atoms with E-state index in [9.17, 15) is 9.59 Å². The van der Waals surface area contributed by atoms with Crippen LogP contribution in [0.2, 0.25) is 0 Å². The molecule has 1 aromatic rings. The number of hydrogen-bond acceptors (Lipinski definition) is 2. The second-order valence-electron chi connectivity index (χ2n) is 6.34.